The monoisotopic (exact) mass is 454 g/mol. The average molecular weight is 455 g/mol. The Hall–Kier alpha value is -1.07. The van der Waals surface area contributed by atoms with Crippen molar-refractivity contribution in [1.29, 1.82) is 0 Å². The molecule has 1 amide bonds. The maximum Gasteiger partial charge on any atom is 0.228 e. The van der Waals surface area contributed by atoms with Gasteiger partial charge in [-0.2, -0.15) is 0 Å². The van der Waals surface area contributed by atoms with Gasteiger partial charge in [0, 0.05) is 55.9 Å². The van der Waals surface area contributed by atoms with Crippen LogP contribution in [0.3, 0.4) is 0 Å². The Morgan fingerprint density at radius 3 is 2.15 bits per heavy atom. The SMILES string of the molecule is C=C(C1CCC(C2CCC3C(CNN3C3CCC3)C2)CC1)N1CCN(C(=O)C2(C)CC2)CC1. The second-order valence-corrected chi connectivity index (χ2v) is 12.7. The van der Waals surface area contributed by atoms with Gasteiger partial charge in [-0.1, -0.05) is 19.9 Å². The van der Waals surface area contributed by atoms with Gasteiger partial charge >= 0.3 is 0 Å². The lowest BCUT2D eigenvalue weighted by atomic mass is 9.67. The third kappa shape index (κ3) is 4.26. The van der Waals surface area contributed by atoms with E-state index in [0.29, 0.717) is 11.8 Å². The van der Waals surface area contributed by atoms with Gasteiger partial charge in [-0.05, 0) is 94.3 Å². The Balaban J connectivity index is 0.951. The molecule has 6 rings (SSSR count). The van der Waals surface area contributed by atoms with E-state index in [1.165, 1.54) is 76.5 Å². The van der Waals surface area contributed by atoms with Gasteiger partial charge < -0.3 is 9.80 Å². The van der Waals surface area contributed by atoms with Crippen LogP contribution < -0.4 is 5.43 Å². The first-order chi connectivity index (χ1) is 16.0. The number of carbonyl (C=O) groups excluding carboxylic acids is 1. The lowest BCUT2D eigenvalue weighted by Crippen LogP contribution is -2.50. The van der Waals surface area contributed by atoms with E-state index in [2.05, 4.69) is 33.7 Å². The van der Waals surface area contributed by atoms with Crippen molar-refractivity contribution in [2.45, 2.75) is 96.1 Å². The fourth-order valence-corrected chi connectivity index (χ4v) is 7.86. The van der Waals surface area contributed by atoms with Gasteiger partial charge in [-0.3, -0.25) is 10.2 Å². The van der Waals surface area contributed by atoms with Crippen molar-refractivity contribution < 1.29 is 4.79 Å². The molecule has 4 saturated carbocycles. The third-order valence-electron chi connectivity index (χ3n) is 10.7. The van der Waals surface area contributed by atoms with Crippen LogP contribution in [-0.2, 0) is 4.79 Å². The molecule has 2 saturated heterocycles. The molecule has 0 aromatic heterocycles. The molecule has 0 aromatic rings. The molecule has 2 heterocycles. The molecular formula is C28H46N4O. The first kappa shape index (κ1) is 22.4. The Kier molecular flexibility index (Phi) is 6.01. The first-order valence-corrected chi connectivity index (χ1v) is 14.3. The summed E-state index contributed by atoms with van der Waals surface area (Å²) in [5.41, 5.74) is 5.14. The van der Waals surface area contributed by atoms with Gasteiger partial charge in [0.05, 0.1) is 0 Å². The average Bonchev–Trinajstić information content (AvgIpc) is 3.45. The van der Waals surface area contributed by atoms with Gasteiger partial charge in [0.15, 0.2) is 0 Å². The molecule has 6 aliphatic rings. The molecule has 6 fully saturated rings. The number of carbonyl (C=O) groups is 1. The summed E-state index contributed by atoms with van der Waals surface area (Å²) in [5, 5.41) is 2.68. The van der Waals surface area contributed by atoms with Crippen LogP contribution >= 0.6 is 0 Å². The van der Waals surface area contributed by atoms with Gasteiger partial charge in [0.25, 0.3) is 0 Å². The number of nitrogens with zero attached hydrogens (tertiary/aromatic N) is 3. The van der Waals surface area contributed by atoms with E-state index in [0.717, 1.165) is 68.9 Å². The zero-order valence-electron chi connectivity index (χ0n) is 20.9. The predicted octanol–water partition coefficient (Wildman–Crippen LogP) is 4.41. The number of hydrogen-bond donors (Lipinski definition) is 1. The zero-order valence-corrected chi connectivity index (χ0v) is 20.9. The Morgan fingerprint density at radius 2 is 1.52 bits per heavy atom. The second kappa shape index (κ2) is 8.86. The topological polar surface area (TPSA) is 38.8 Å². The number of hydrazine groups is 1. The molecule has 3 unspecified atom stereocenters. The Morgan fingerprint density at radius 1 is 0.848 bits per heavy atom. The lowest BCUT2D eigenvalue weighted by Gasteiger charge is -2.45. The van der Waals surface area contributed by atoms with Gasteiger partial charge in [-0.25, -0.2) is 5.01 Å². The summed E-state index contributed by atoms with van der Waals surface area (Å²) in [4.78, 5) is 17.3. The minimum absolute atomic E-state index is 0.0270. The van der Waals surface area contributed by atoms with E-state index >= 15 is 0 Å². The van der Waals surface area contributed by atoms with Crippen LogP contribution in [0.15, 0.2) is 12.3 Å². The summed E-state index contributed by atoms with van der Waals surface area (Å²) < 4.78 is 0. The van der Waals surface area contributed by atoms with E-state index in [9.17, 15) is 4.79 Å². The van der Waals surface area contributed by atoms with Crippen molar-refractivity contribution in [3.8, 4) is 0 Å². The molecule has 3 atom stereocenters. The van der Waals surface area contributed by atoms with Gasteiger partial charge in [-0.15, -0.1) is 0 Å². The largest absolute Gasteiger partial charge is 0.372 e. The highest BCUT2D eigenvalue weighted by Crippen LogP contribution is 2.47. The maximum atomic E-state index is 12.7. The molecule has 184 valence electrons. The standard InChI is InChI=1S/C28H46N4O/c1-20(30-14-16-31(17-15-30)27(33)28(2)12-13-28)21-6-8-22(9-7-21)23-10-11-26-24(18-23)19-29-32(26)25-4-3-5-25/h21-26,29H,1,3-19H2,2H3. The summed E-state index contributed by atoms with van der Waals surface area (Å²) in [6.45, 7) is 11.7. The van der Waals surface area contributed by atoms with Crippen molar-refractivity contribution >= 4 is 5.91 Å². The van der Waals surface area contributed by atoms with E-state index < -0.39 is 0 Å². The van der Waals surface area contributed by atoms with Crippen molar-refractivity contribution in [2.75, 3.05) is 32.7 Å². The number of rotatable bonds is 5. The first-order valence-electron chi connectivity index (χ1n) is 14.3. The quantitative estimate of drug-likeness (QED) is 0.668. The minimum atomic E-state index is -0.0270. The molecule has 0 spiro atoms. The molecule has 1 N–H and O–H groups in total. The highest BCUT2D eigenvalue weighted by molar-refractivity contribution is 5.85. The summed E-state index contributed by atoms with van der Waals surface area (Å²) in [6, 6.07) is 1.67. The molecular weight excluding hydrogens is 408 g/mol. The van der Waals surface area contributed by atoms with Crippen molar-refractivity contribution in [1.82, 2.24) is 20.2 Å². The van der Waals surface area contributed by atoms with Crippen LogP contribution in [-0.4, -0.2) is 65.5 Å². The minimum Gasteiger partial charge on any atom is -0.372 e. The Labute approximate surface area is 201 Å². The van der Waals surface area contributed by atoms with Crippen molar-refractivity contribution in [2.24, 2.45) is 29.1 Å². The van der Waals surface area contributed by atoms with E-state index in [1.807, 2.05) is 0 Å². The molecule has 33 heavy (non-hydrogen) atoms. The number of amides is 1. The lowest BCUT2D eigenvalue weighted by molar-refractivity contribution is -0.138. The molecule has 0 radical (unpaired) electrons. The summed E-state index contributed by atoms with van der Waals surface area (Å²) in [5.74, 6) is 3.87. The maximum absolute atomic E-state index is 12.7. The highest BCUT2D eigenvalue weighted by Gasteiger charge is 2.48. The fourth-order valence-electron chi connectivity index (χ4n) is 7.86. The van der Waals surface area contributed by atoms with Crippen LogP contribution in [0.4, 0.5) is 0 Å². The summed E-state index contributed by atoms with van der Waals surface area (Å²) in [7, 11) is 0. The Bertz CT molecular complexity index is 743. The van der Waals surface area contributed by atoms with Crippen LogP contribution in [0.5, 0.6) is 0 Å². The predicted molar refractivity (Wildman–Crippen MR) is 132 cm³/mol. The van der Waals surface area contributed by atoms with E-state index in [-0.39, 0.29) is 5.41 Å². The molecule has 5 heteroatoms. The smallest absolute Gasteiger partial charge is 0.228 e. The number of allylic oxidation sites excluding steroid dienone is 1. The molecule has 5 nitrogen and oxygen atoms in total. The highest BCUT2D eigenvalue weighted by atomic mass is 16.2. The molecule has 0 bridgehead atoms. The normalized spacial score (nSPS) is 39.1. The summed E-state index contributed by atoms with van der Waals surface area (Å²) >= 11 is 0. The molecule has 0 aromatic carbocycles. The van der Waals surface area contributed by atoms with Crippen LogP contribution in [0.25, 0.3) is 0 Å². The van der Waals surface area contributed by atoms with Crippen LogP contribution in [0, 0.1) is 29.1 Å². The zero-order chi connectivity index (χ0) is 22.6. The van der Waals surface area contributed by atoms with Crippen molar-refractivity contribution in [3.05, 3.63) is 12.3 Å². The van der Waals surface area contributed by atoms with E-state index in [1.54, 1.807) is 0 Å². The van der Waals surface area contributed by atoms with Crippen LogP contribution in [0.2, 0.25) is 0 Å². The third-order valence-corrected chi connectivity index (χ3v) is 10.7. The number of piperazine rings is 1. The van der Waals surface area contributed by atoms with Gasteiger partial charge in [0.1, 0.15) is 0 Å². The number of hydrogen-bond acceptors (Lipinski definition) is 4. The number of nitrogens with one attached hydrogen (secondary N) is 1. The van der Waals surface area contributed by atoms with Gasteiger partial charge in [0.2, 0.25) is 5.91 Å². The van der Waals surface area contributed by atoms with Crippen LogP contribution in [0.1, 0.15) is 84.0 Å². The van der Waals surface area contributed by atoms with E-state index in [4.69, 9.17) is 0 Å². The number of fused-ring (bicyclic) bond motifs is 1. The fraction of sp³-hybridized carbons (Fsp3) is 0.893. The van der Waals surface area contributed by atoms with Crippen molar-refractivity contribution in [3.63, 3.8) is 0 Å². The summed E-state index contributed by atoms with van der Waals surface area (Å²) in [6.07, 6.45) is 16.2. The molecule has 4 aliphatic carbocycles. The second-order valence-electron chi connectivity index (χ2n) is 12.7. The molecule has 2 aliphatic heterocycles.